The highest BCUT2D eigenvalue weighted by atomic mass is 32.2. The lowest BCUT2D eigenvalue weighted by Crippen LogP contribution is -2.35. The lowest BCUT2D eigenvalue weighted by Gasteiger charge is -2.24. The number of hydrogen-bond donors (Lipinski definition) is 0. The van der Waals surface area contributed by atoms with Crippen LogP contribution in [0.25, 0.3) is 0 Å². The quantitative estimate of drug-likeness (QED) is 0.794. The summed E-state index contributed by atoms with van der Waals surface area (Å²) >= 11 is 0. The molecule has 0 spiro atoms. The molecule has 100 valence electrons. The van der Waals surface area contributed by atoms with Crippen LogP contribution in [-0.4, -0.2) is 25.8 Å². The highest BCUT2D eigenvalue weighted by Crippen LogP contribution is 2.17. The summed E-state index contributed by atoms with van der Waals surface area (Å²) in [5.74, 6) is -0.00834. The summed E-state index contributed by atoms with van der Waals surface area (Å²) in [6.07, 6.45) is 2.76. The van der Waals surface area contributed by atoms with Crippen molar-refractivity contribution in [3.05, 3.63) is 47.0 Å². The second kappa shape index (κ2) is 5.55. The SMILES string of the molecule is CC1=CCN(S(=O)(=O)Cc2ccc(C#N)cc2)CC1. The molecule has 19 heavy (non-hydrogen) atoms. The molecule has 4 nitrogen and oxygen atoms in total. The van der Waals surface area contributed by atoms with Crippen LogP contribution in [0.15, 0.2) is 35.9 Å². The number of rotatable bonds is 3. The predicted molar refractivity (Wildman–Crippen MR) is 73.7 cm³/mol. The lowest BCUT2D eigenvalue weighted by atomic mass is 10.1. The molecule has 0 radical (unpaired) electrons. The van der Waals surface area contributed by atoms with Crippen molar-refractivity contribution < 1.29 is 8.42 Å². The van der Waals surface area contributed by atoms with E-state index < -0.39 is 10.0 Å². The average Bonchev–Trinajstić information content (AvgIpc) is 2.40. The van der Waals surface area contributed by atoms with Crippen molar-refractivity contribution in [2.45, 2.75) is 19.1 Å². The lowest BCUT2D eigenvalue weighted by molar-refractivity contribution is 0.430. The van der Waals surface area contributed by atoms with E-state index in [1.165, 1.54) is 9.88 Å². The molecule has 2 rings (SSSR count). The monoisotopic (exact) mass is 276 g/mol. The molecule has 0 bridgehead atoms. The molecule has 0 amide bonds. The van der Waals surface area contributed by atoms with Gasteiger partial charge in [0.05, 0.1) is 17.4 Å². The minimum absolute atomic E-state index is 0.00834. The van der Waals surface area contributed by atoms with E-state index in [1.54, 1.807) is 24.3 Å². The van der Waals surface area contributed by atoms with Crippen LogP contribution in [-0.2, 0) is 15.8 Å². The van der Waals surface area contributed by atoms with Gasteiger partial charge in [-0.2, -0.15) is 9.57 Å². The van der Waals surface area contributed by atoms with E-state index in [-0.39, 0.29) is 5.75 Å². The maximum Gasteiger partial charge on any atom is 0.218 e. The van der Waals surface area contributed by atoms with E-state index in [4.69, 9.17) is 5.26 Å². The van der Waals surface area contributed by atoms with Crippen molar-refractivity contribution in [3.63, 3.8) is 0 Å². The molecule has 1 aliphatic rings. The Bertz CT molecular complexity index is 624. The molecule has 0 fully saturated rings. The first-order chi connectivity index (χ1) is 9.01. The second-order valence-electron chi connectivity index (χ2n) is 4.72. The summed E-state index contributed by atoms with van der Waals surface area (Å²) in [6, 6.07) is 8.70. The van der Waals surface area contributed by atoms with Gasteiger partial charge in [0.1, 0.15) is 0 Å². The number of nitriles is 1. The van der Waals surface area contributed by atoms with Crippen molar-refractivity contribution in [2.24, 2.45) is 0 Å². The van der Waals surface area contributed by atoms with Gasteiger partial charge in [-0.15, -0.1) is 0 Å². The van der Waals surface area contributed by atoms with Gasteiger partial charge in [0, 0.05) is 13.1 Å². The largest absolute Gasteiger partial charge is 0.218 e. The number of sulfonamides is 1. The Morgan fingerprint density at radius 3 is 2.53 bits per heavy atom. The molecule has 0 unspecified atom stereocenters. The fourth-order valence-corrected chi connectivity index (χ4v) is 3.45. The third-order valence-electron chi connectivity index (χ3n) is 3.22. The highest BCUT2D eigenvalue weighted by molar-refractivity contribution is 7.88. The molecule has 5 heteroatoms. The number of benzene rings is 1. The highest BCUT2D eigenvalue weighted by Gasteiger charge is 2.23. The number of hydrogen-bond acceptors (Lipinski definition) is 3. The fourth-order valence-electron chi connectivity index (χ4n) is 1.98. The molecule has 1 heterocycles. The van der Waals surface area contributed by atoms with Gasteiger partial charge in [-0.3, -0.25) is 0 Å². The molecule has 0 N–H and O–H groups in total. The molecule has 1 aromatic rings. The normalized spacial score (nSPS) is 16.7. The van der Waals surface area contributed by atoms with Gasteiger partial charge in [0.2, 0.25) is 10.0 Å². The molecule has 0 aliphatic carbocycles. The van der Waals surface area contributed by atoms with Crippen LogP contribution in [0.5, 0.6) is 0 Å². The predicted octanol–water partition coefficient (Wildman–Crippen LogP) is 2.04. The van der Waals surface area contributed by atoms with Crippen LogP contribution in [0.1, 0.15) is 24.5 Å². The summed E-state index contributed by atoms with van der Waals surface area (Å²) < 4.78 is 26.0. The van der Waals surface area contributed by atoms with Gasteiger partial charge in [-0.1, -0.05) is 23.8 Å². The Kier molecular flexibility index (Phi) is 4.03. The van der Waals surface area contributed by atoms with Crippen LogP contribution in [0.2, 0.25) is 0 Å². The van der Waals surface area contributed by atoms with Crippen molar-refractivity contribution in [3.8, 4) is 6.07 Å². The van der Waals surface area contributed by atoms with Crippen molar-refractivity contribution in [1.82, 2.24) is 4.31 Å². The Morgan fingerprint density at radius 2 is 2.00 bits per heavy atom. The van der Waals surface area contributed by atoms with Gasteiger partial charge in [0.25, 0.3) is 0 Å². The van der Waals surface area contributed by atoms with E-state index in [0.717, 1.165) is 6.42 Å². The molecular weight excluding hydrogens is 260 g/mol. The standard InChI is InChI=1S/C14H16N2O2S/c1-12-6-8-16(9-7-12)19(17,18)11-14-4-2-13(10-15)3-5-14/h2-6H,7-9,11H2,1H3. The average molecular weight is 276 g/mol. The minimum atomic E-state index is -3.27. The minimum Gasteiger partial charge on any atom is -0.212 e. The Hall–Kier alpha value is -1.64. The zero-order valence-corrected chi connectivity index (χ0v) is 11.7. The summed E-state index contributed by atoms with van der Waals surface area (Å²) in [5.41, 5.74) is 2.49. The molecule has 0 saturated heterocycles. The fraction of sp³-hybridized carbons (Fsp3) is 0.357. The zero-order chi connectivity index (χ0) is 13.9. The van der Waals surface area contributed by atoms with Crippen LogP contribution in [0, 0.1) is 11.3 Å². The van der Waals surface area contributed by atoms with Gasteiger partial charge < -0.3 is 0 Å². The van der Waals surface area contributed by atoms with Crippen molar-refractivity contribution in [1.29, 1.82) is 5.26 Å². The van der Waals surface area contributed by atoms with Gasteiger partial charge >= 0.3 is 0 Å². The van der Waals surface area contributed by atoms with Crippen molar-refractivity contribution >= 4 is 10.0 Å². The Labute approximate surface area is 114 Å². The summed E-state index contributed by atoms with van der Waals surface area (Å²) in [5, 5.41) is 8.71. The molecule has 0 saturated carbocycles. The maximum absolute atomic E-state index is 12.2. The first-order valence-electron chi connectivity index (χ1n) is 6.14. The Morgan fingerprint density at radius 1 is 1.32 bits per heavy atom. The van der Waals surface area contributed by atoms with E-state index in [2.05, 4.69) is 0 Å². The molecule has 1 aliphatic heterocycles. The zero-order valence-electron chi connectivity index (χ0n) is 10.8. The van der Waals surface area contributed by atoms with E-state index in [0.29, 0.717) is 24.2 Å². The second-order valence-corrected chi connectivity index (χ2v) is 6.69. The summed E-state index contributed by atoms with van der Waals surface area (Å²) in [6.45, 7) is 3.04. The van der Waals surface area contributed by atoms with Crippen LogP contribution >= 0.6 is 0 Å². The van der Waals surface area contributed by atoms with Gasteiger partial charge in [-0.05, 0) is 31.0 Å². The molecular formula is C14H16N2O2S. The van der Waals surface area contributed by atoms with Crippen LogP contribution in [0.3, 0.4) is 0 Å². The molecule has 0 aromatic heterocycles. The van der Waals surface area contributed by atoms with Crippen LogP contribution in [0.4, 0.5) is 0 Å². The smallest absolute Gasteiger partial charge is 0.212 e. The van der Waals surface area contributed by atoms with Gasteiger partial charge in [-0.25, -0.2) is 8.42 Å². The summed E-state index contributed by atoms with van der Waals surface area (Å²) in [4.78, 5) is 0. The number of nitrogens with zero attached hydrogens (tertiary/aromatic N) is 2. The van der Waals surface area contributed by atoms with Crippen LogP contribution < -0.4 is 0 Å². The molecule has 0 atom stereocenters. The molecule has 1 aromatic carbocycles. The van der Waals surface area contributed by atoms with E-state index in [9.17, 15) is 8.42 Å². The summed E-state index contributed by atoms with van der Waals surface area (Å²) in [7, 11) is -3.27. The first-order valence-corrected chi connectivity index (χ1v) is 7.75. The third-order valence-corrected chi connectivity index (χ3v) is 5.04. The van der Waals surface area contributed by atoms with E-state index in [1.807, 2.05) is 19.1 Å². The Balaban J connectivity index is 2.11. The first kappa shape index (κ1) is 13.8. The van der Waals surface area contributed by atoms with Gasteiger partial charge in [0.15, 0.2) is 0 Å². The topological polar surface area (TPSA) is 61.2 Å². The third kappa shape index (κ3) is 3.43. The van der Waals surface area contributed by atoms with Crippen molar-refractivity contribution in [2.75, 3.05) is 13.1 Å². The van der Waals surface area contributed by atoms with E-state index >= 15 is 0 Å². The maximum atomic E-state index is 12.2.